The molecule has 14 heteroatoms. The molecule has 2 amide bonds. The molecular formula is C23H19Cl2F4N5O3. The highest BCUT2D eigenvalue weighted by Crippen LogP contribution is 2.35. The lowest BCUT2D eigenvalue weighted by Gasteiger charge is -2.32. The lowest BCUT2D eigenvalue weighted by atomic mass is 9.96. The van der Waals surface area contributed by atoms with Gasteiger partial charge in [0.05, 0.1) is 21.2 Å². The van der Waals surface area contributed by atoms with E-state index in [1.807, 2.05) is 0 Å². The zero-order valence-corrected chi connectivity index (χ0v) is 20.6. The van der Waals surface area contributed by atoms with Crippen molar-refractivity contribution < 1.29 is 31.7 Å². The molecule has 1 aliphatic heterocycles. The Morgan fingerprint density at radius 2 is 1.84 bits per heavy atom. The zero-order chi connectivity index (χ0) is 26.9. The Bertz CT molecular complexity index is 1320. The molecule has 0 aliphatic carbocycles. The van der Waals surface area contributed by atoms with Gasteiger partial charge in [-0.05, 0) is 38.0 Å². The molecule has 1 saturated heterocycles. The van der Waals surface area contributed by atoms with Crippen LogP contribution in [0.4, 0.5) is 23.4 Å². The van der Waals surface area contributed by atoms with Gasteiger partial charge < -0.3 is 9.42 Å². The van der Waals surface area contributed by atoms with Crippen LogP contribution < -0.4 is 15.8 Å². The third kappa shape index (κ3) is 5.64. The van der Waals surface area contributed by atoms with E-state index in [1.165, 1.54) is 19.1 Å². The second kappa shape index (κ2) is 10.5. The Balaban J connectivity index is 1.37. The monoisotopic (exact) mass is 559 g/mol. The van der Waals surface area contributed by atoms with E-state index in [1.54, 1.807) is 4.90 Å². The van der Waals surface area contributed by atoms with E-state index < -0.39 is 35.3 Å². The smallest absolute Gasteiger partial charge is 0.360 e. The lowest BCUT2D eigenvalue weighted by Crippen LogP contribution is -2.47. The summed E-state index contributed by atoms with van der Waals surface area (Å²) in [7, 11) is 0. The van der Waals surface area contributed by atoms with Gasteiger partial charge in [0.25, 0.3) is 5.91 Å². The topological polar surface area (TPSA) is 100 Å². The number of hydrogen-bond donors (Lipinski definition) is 2. The van der Waals surface area contributed by atoms with Crippen molar-refractivity contribution in [1.29, 1.82) is 0 Å². The predicted molar refractivity (Wildman–Crippen MR) is 126 cm³/mol. The number of carbonyl (C=O) groups is 2. The number of anilines is 1. The normalized spacial score (nSPS) is 14.5. The molecule has 0 atom stereocenters. The van der Waals surface area contributed by atoms with Crippen LogP contribution in [-0.2, 0) is 11.0 Å². The number of nitrogens with one attached hydrogen (secondary N) is 2. The van der Waals surface area contributed by atoms with Crippen molar-refractivity contribution in [3.05, 3.63) is 63.2 Å². The second-order valence-corrected chi connectivity index (χ2v) is 9.11. The van der Waals surface area contributed by atoms with Crippen molar-refractivity contribution in [2.24, 2.45) is 5.92 Å². The first-order chi connectivity index (χ1) is 17.5. The fraction of sp³-hybridized carbons (Fsp3) is 0.304. The van der Waals surface area contributed by atoms with Crippen LogP contribution in [-0.4, -0.2) is 35.0 Å². The number of rotatable bonds is 4. The number of piperidine rings is 1. The first-order valence-corrected chi connectivity index (χ1v) is 11.7. The third-order valence-electron chi connectivity index (χ3n) is 5.90. The SMILES string of the molecule is Cc1onc(-c2c(F)cccc2Cl)c1C(=O)NNC(=O)C1CCN(c2ncc(C(F)(F)F)cc2Cl)CC1. The lowest BCUT2D eigenvalue weighted by molar-refractivity contribution is -0.137. The fourth-order valence-electron chi connectivity index (χ4n) is 3.99. The Morgan fingerprint density at radius 1 is 1.14 bits per heavy atom. The minimum absolute atomic E-state index is 0.0285. The summed E-state index contributed by atoms with van der Waals surface area (Å²) >= 11 is 12.1. The molecule has 8 nitrogen and oxygen atoms in total. The zero-order valence-electron chi connectivity index (χ0n) is 19.1. The van der Waals surface area contributed by atoms with Crippen LogP contribution in [0.3, 0.4) is 0 Å². The third-order valence-corrected chi connectivity index (χ3v) is 6.50. The molecule has 0 radical (unpaired) electrons. The Labute approximate surface area is 217 Å². The van der Waals surface area contributed by atoms with Gasteiger partial charge >= 0.3 is 6.18 Å². The molecule has 4 rings (SSSR count). The van der Waals surface area contributed by atoms with Gasteiger partial charge in [-0.1, -0.05) is 34.4 Å². The van der Waals surface area contributed by atoms with Crippen molar-refractivity contribution in [3.8, 4) is 11.3 Å². The van der Waals surface area contributed by atoms with E-state index in [-0.39, 0.29) is 38.4 Å². The number of aryl methyl sites for hydroxylation is 1. The van der Waals surface area contributed by atoms with Gasteiger partial charge in [-0.15, -0.1) is 0 Å². The minimum atomic E-state index is -4.56. The maximum Gasteiger partial charge on any atom is 0.417 e. The van der Waals surface area contributed by atoms with Crippen molar-refractivity contribution in [2.75, 3.05) is 18.0 Å². The van der Waals surface area contributed by atoms with E-state index in [2.05, 4.69) is 21.0 Å². The summed E-state index contributed by atoms with van der Waals surface area (Å²) in [5.41, 5.74) is 3.37. The highest BCUT2D eigenvalue weighted by Gasteiger charge is 2.33. The summed E-state index contributed by atoms with van der Waals surface area (Å²) < 4.78 is 58.0. The van der Waals surface area contributed by atoms with Crippen molar-refractivity contribution in [3.63, 3.8) is 0 Å². The summed E-state index contributed by atoms with van der Waals surface area (Å²) in [6.45, 7) is 2.08. The number of hydrazine groups is 1. The first-order valence-electron chi connectivity index (χ1n) is 11.0. The highest BCUT2D eigenvalue weighted by atomic mass is 35.5. The van der Waals surface area contributed by atoms with E-state index in [4.69, 9.17) is 27.7 Å². The Morgan fingerprint density at radius 3 is 2.46 bits per heavy atom. The summed E-state index contributed by atoms with van der Waals surface area (Å²) in [6.07, 6.45) is -3.17. The van der Waals surface area contributed by atoms with Gasteiger partial charge in [-0.3, -0.25) is 20.4 Å². The number of amides is 2. The number of carbonyl (C=O) groups excluding carboxylic acids is 2. The maximum absolute atomic E-state index is 14.4. The molecule has 196 valence electrons. The number of alkyl halides is 3. The average molecular weight is 560 g/mol. The first kappa shape index (κ1) is 26.7. The Kier molecular flexibility index (Phi) is 7.60. The molecule has 1 aliphatic rings. The van der Waals surface area contributed by atoms with Crippen LogP contribution in [0.5, 0.6) is 0 Å². The van der Waals surface area contributed by atoms with E-state index >= 15 is 0 Å². The largest absolute Gasteiger partial charge is 0.417 e. The van der Waals surface area contributed by atoms with Gasteiger partial charge in [0.15, 0.2) is 0 Å². The Hall–Kier alpha value is -3.38. The van der Waals surface area contributed by atoms with Crippen LogP contribution in [0, 0.1) is 18.7 Å². The van der Waals surface area contributed by atoms with Crippen LogP contribution >= 0.6 is 23.2 Å². The number of halogens is 6. The average Bonchev–Trinajstić information content (AvgIpc) is 3.22. The molecule has 0 saturated carbocycles. The number of aromatic nitrogens is 2. The van der Waals surface area contributed by atoms with Gasteiger partial charge in [0.2, 0.25) is 5.91 Å². The predicted octanol–water partition coefficient (Wildman–Crippen LogP) is 5.19. The van der Waals surface area contributed by atoms with Crippen LogP contribution in [0.2, 0.25) is 10.0 Å². The van der Waals surface area contributed by atoms with Gasteiger partial charge in [0.1, 0.15) is 28.7 Å². The van der Waals surface area contributed by atoms with Crippen LogP contribution in [0.25, 0.3) is 11.3 Å². The summed E-state index contributed by atoms with van der Waals surface area (Å²) in [5, 5.41) is 3.64. The molecule has 0 bridgehead atoms. The highest BCUT2D eigenvalue weighted by molar-refractivity contribution is 6.33. The summed E-state index contributed by atoms with van der Waals surface area (Å²) in [6, 6.07) is 4.82. The summed E-state index contributed by atoms with van der Waals surface area (Å²) in [5.74, 6) is -2.15. The molecule has 3 heterocycles. The molecule has 2 aromatic heterocycles. The molecule has 1 aromatic carbocycles. The van der Waals surface area contributed by atoms with Gasteiger partial charge in [-0.2, -0.15) is 13.2 Å². The molecular weight excluding hydrogens is 541 g/mol. The number of benzene rings is 1. The van der Waals surface area contributed by atoms with Crippen molar-refractivity contribution in [1.82, 2.24) is 21.0 Å². The number of hydrogen-bond acceptors (Lipinski definition) is 6. The fourth-order valence-corrected chi connectivity index (χ4v) is 4.53. The molecule has 1 fully saturated rings. The van der Waals surface area contributed by atoms with Crippen molar-refractivity contribution in [2.45, 2.75) is 25.9 Å². The number of nitrogens with zero attached hydrogens (tertiary/aromatic N) is 3. The quantitative estimate of drug-likeness (QED) is 0.337. The second-order valence-electron chi connectivity index (χ2n) is 8.29. The van der Waals surface area contributed by atoms with Crippen molar-refractivity contribution >= 4 is 40.8 Å². The minimum Gasteiger partial charge on any atom is -0.360 e. The van der Waals surface area contributed by atoms with E-state index in [0.717, 1.165) is 12.1 Å². The molecule has 0 unspecified atom stereocenters. The van der Waals surface area contributed by atoms with Crippen LogP contribution in [0.1, 0.15) is 34.5 Å². The molecule has 37 heavy (non-hydrogen) atoms. The standard InChI is InChI=1S/C23H19Cl2F4N5O3/c1-11-17(19(33-37-11)18-14(24)3-2-4-16(18)26)22(36)32-31-21(35)12-5-7-34(8-6-12)20-15(25)9-13(10-30-20)23(27,28)29/h2-4,9-10,12H,5-8H2,1H3,(H,31,35)(H,32,36). The van der Waals surface area contributed by atoms with E-state index in [9.17, 15) is 27.2 Å². The summed E-state index contributed by atoms with van der Waals surface area (Å²) in [4.78, 5) is 31.0. The van der Waals surface area contributed by atoms with Gasteiger partial charge in [-0.25, -0.2) is 9.37 Å². The van der Waals surface area contributed by atoms with Gasteiger partial charge in [0, 0.05) is 25.2 Å². The number of pyridine rings is 1. The van der Waals surface area contributed by atoms with E-state index in [0.29, 0.717) is 32.1 Å². The van der Waals surface area contributed by atoms with Crippen LogP contribution in [0.15, 0.2) is 35.0 Å². The maximum atomic E-state index is 14.4. The molecule has 3 aromatic rings. The molecule has 0 spiro atoms. The molecule has 2 N–H and O–H groups in total.